The first-order chi connectivity index (χ1) is 15.2. The summed E-state index contributed by atoms with van der Waals surface area (Å²) in [5.74, 6) is 1.36. The van der Waals surface area contributed by atoms with Gasteiger partial charge in [-0.05, 0) is 68.6 Å². The minimum absolute atomic E-state index is 0.101. The molecule has 4 fully saturated rings. The average Bonchev–Trinajstić information content (AvgIpc) is 3.28. The topological polar surface area (TPSA) is 136 Å². The number of nitrogens with one attached hydrogen (secondary N) is 1. The molecule has 2 bridgehead atoms. The monoisotopic (exact) mass is 454 g/mol. The summed E-state index contributed by atoms with van der Waals surface area (Å²) in [7, 11) is -3.72. The van der Waals surface area contributed by atoms with Crippen molar-refractivity contribution in [2.45, 2.75) is 61.8 Å². The third-order valence-corrected chi connectivity index (χ3v) is 8.97. The number of rotatable bonds is 6. The number of hydrogen-bond donors (Lipinski definition) is 3. The Bertz CT molecular complexity index is 1360. The van der Waals surface area contributed by atoms with Crippen LogP contribution in [-0.2, 0) is 10.0 Å². The van der Waals surface area contributed by atoms with Crippen molar-refractivity contribution in [3.8, 4) is 11.3 Å². The van der Waals surface area contributed by atoms with Crippen LogP contribution >= 0.6 is 0 Å². The van der Waals surface area contributed by atoms with E-state index < -0.39 is 15.6 Å². The first-order valence-electron chi connectivity index (χ1n) is 11.0. The van der Waals surface area contributed by atoms with Gasteiger partial charge in [-0.25, -0.2) is 27.6 Å². The summed E-state index contributed by atoms with van der Waals surface area (Å²) >= 11 is 0. The van der Waals surface area contributed by atoms with Gasteiger partial charge in [0.05, 0.1) is 16.8 Å². The molecule has 7 rings (SSSR count). The Morgan fingerprint density at radius 3 is 2.75 bits per heavy atom. The number of aromatic nitrogens is 4. The highest BCUT2D eigenvalue weighted by molar-refractivity contribution is 7.89. The molecule has 10 heteroatoms. The lowest BCUT2D eigenvalue weighted by Crippen LogP contribution is -2.56. The molecule has 9 nitrogen and oxygen atoms in total. The van der Waals surface area contributed by atoms with Crippen LogP contribution in [0.15, 0.2) is 29.3 Å². The molecule has 3 aromatic rings. The summed E-state index contributed by atoms with van der Waals surface area (Å²) in [6, 6.07) is 5.12. The lowest BCUT2D eigenvalue weighted by Gasteiger charge is -2.46. The first-order valence-corrected chi connectivity index (χ1v) is 12.5. The Morgan fingerprint density at radius 1 is 1.28 bits per heavy atom. The van der Waals surface area contributed by atoms with E-state index in [0.29, 0.717) is 41.7 Å². The Hall–Kier alpha value is -2.56. The van der Waals surface area contributed by atoms with Crippen molar-refractivity contribution in [3.63, 3.8) is 0 Å². The molecule has 32 heavy (non-hydrogen) atoms. The van der Waals surface area contributed by atoms with Crippen molar-refractivity contribution in [2.75, 3.05) is 12.3 Å². The van der Waals surface area contributed by atoms with Crippen LogP contribution in [0.4, 0.5) is 5.82 Å². The van der Waals surface area contributed by atoms with Gasteiger partial charge >= 0.3 is 0 Å². The number of imidazole rings is 1. The molecule has 0 amide bonds. The summed E-state index contributed by atoms with van der Waals surface area (Å²) in [5.41, 5.74) is 8.40. The molecule has 4 saturated carbocycles. The van der Waals surface area contributed by atoms with Gasteiger partial charge in [0.25, 0.3) is 0 Å². The van der Waals surface area contributed by atoms with Crippen LogP contribution in [0.25, 0.3) is 16.9 Å². The standard InChI is InChI=1S/C22H26N6O3S/c1-13-2-5-15(32(30,31)27-22-7-6-21(10-22,11-22)12-29)8-16(13)17-9-24-20-18(23)25-19(14-3-4-14)26-28(17)20/h2,5,8-9,14,27,29H,3-4,6-7,10-12H2,1H3,(H2,23,25,26). The molecule has 2 aromatic heterocycles. The molecule has 4 aliphatic rings. The molecule has 0 unspecified atom stereocenters. The van der Waals surface area contributed by atoms with E-state index in [1.807, 2.05) is 6.92 Å². The van der Waals surface area contributed by atoms with Crippen LogP contribution in [0.1, 0.15) is 55.8 Å². The Labute approximate surface area is 186 Å². The predicted molar refractivity (Wildman–Crippen MR) is 118 cm³/mol. The number of aliphatic hydroxyl groups excluding tert-OH is 1. The van der Waals surface area contributed by atoms with Crippen LogP contribution < -0.4 is 10.5 Å². The van der Waals surface area contributed by atoms with Gasteiger partial charge < -0.3 is 10.8 Å². The molecule has 0 saturated heterocycles. The number of anilines is 1. The largest absolute Gasteiger partial charge is 0.396 e. The van der Waals surface area contributed by atoms with Gasteiger partial charge in [0.1, 0.15) is 0 Å². The zero-order valence-electron chi connectivity index (χ0n) is 17.9. The van der Waals surface area contributed by atoms with Crippen LogP contribution in [0.5, 0.6) is 0 Å². The van der Waals surface area contributed by atoms with Gasteiger partial charge in [-0.15, -0.1) is 0 Å². The van der Waals surface area contributed by atoms with E-state index in [4.69, 9.17) is 5.73 Å². The lowest BCUT2D eigenvalue weighted by molar-refractivity contribution is 0.0336. The van der Waals surface area contributed by atoms with Crippen molar-refractivity contribution >= 4 is 21.5 Å². The van der Waals surface area contributed by atoms with E-state index in [9.17, 15) is 13.5 Å². The molecular formula is C22H26N6O3S. The predicted octanol–water partition coefficient (Wildman–Crippen LogP) is 2.14. The summed E-state index contributed by atoms with van der Waals surface area (Å²) in [4.78, 5) is 8.99. The zero-order valence-corrected chi connectivity index (χ0v) is 18.7. The molecular weight excluding hydrogens is 428 g/mol. The maximum Gasteiger partial charge on any atom is 0.241 e. The van der Waals surface area contributed by atoms with Crippen LogP contribution in [-0.4, -0.2) is 45.3 Å². The number of aryl methyl sites for hydroxylation is 1. The van der Waals surface area contributed by atoms with Crippen LogP contribution in [0.2, 0.25) is 0 Å². The van der Waals surface area contributed by atoms with Gasteiger partial charge in [0.2, 0.25) is 10.0 Å². The third kappa shape index (κ3) is 2.96. The number of fused-ring (bicyclic) bond motifs is 2. The Kier molecular flexibility index (Phi) is 4.07. The second-order valence-corrected chi connectivity index (χ2v) is 11.6. The number of benzene rings is 1. The molecule has 4 N–H and O–H groups in total. The number of nitrogens with zero attached hydrogens (tertiary/aromatic N) is 4. The van der Waals surface area contributed by atoms with Crippen molar-refractivity contribution in [1.82, 2.24) is 24.3 Å². The second-order valence-electron chi connectivity index (χ2n) is 9.88. The maximum atomic E-state index is 13.3. The number of nitrogens with two attached hydrogens (primary N) is 1. The SMILES string of the molecule is Cc1ccc(S(=O)(=O)NC23CCC(CO)(C2)C3)cc1-c1cnc2c(N)nc(C3CC3)nn12. The number of hydrogen-bond acceptors (Lipinski definition) is 7. The number of nitrogen functional groups attached to an aromatic ring is 1. The Morgan fingerprint density at radius 2 is 2.06 bits per heavy atom. The molecule has 4 aliphatic carbocycles. The van der Waals surface area contributed by atoms with E-state index in [1.165, 1.54) is 0 Å². The summed E-state index contributed by atoms with van der Waals surface area (Å²) < 4.78 is 31.2. The highest BCUT2D eigenvalue weighted by Gasteiger charge is 2.61. The normalized spacial score (nSPS) is 27.1. The fraction of sp³-hybridized carbons (Fsp3) is 0.500. The zero-order chi connectivity index (χ0) is 22.3. The smallest absolute Gasteiger partial charge is 0.241 e. The molecule has 168 valence electrons. The quantitative estimate of drug-likeness (QED) is 0.519. The molecule has 1 aromatic carbocycles. The first kappa shape index (κ1) is 20.1. The van der Waals surface area contributed by atoms with E-state index in [1.54, 1.807) is 28.9 Å². The van der Waals surface area contributed by atoms with E-state index in [0.717, 1.165) is 36.8 Å². The average molecular weight is 455 g/mol. The Balaban J connectivity index is 1.38. The third-order valence-electron chi connectivity index (χ3n) is 7.39. The number of sulfonamides is 1. The van der Waals surface area contributed by atoms with Gasteiger partial charge in [-0.1, -0.05) is 6.07 Å². The molecule has 0 spiro atoms. The fourth-order valence-corrected chi connectivity index (χ4v) is 7.02. The fourth-order valence-electron chi connectivity index (χ4n) is 5.56. The summed E-state index contributed by atoms with van der Waals surface area (Å²) in [6.07, 6.45) is 6.78. The highest BCUT2D eigenvalue weighted by atomic mass is 32.2. The van der Waals surface area contributed by atoms with E-state index in [-0.39, 0.29) is 16.9 Å². The second kappa shape index (κ2) is 6.49. The van der Waals surface area contributed by atoms with Gasteiger partial charge in [0, 0.05) is 23.6 Å². The van der Waals surface area contributed by atoms with E-state index in [2.05, 4.69) is 19.8 Å². The van der Waals surface area contributed by atoms with Crippen molar-refractivity contribution in [3.05, 3.63) is 35.8 Å². The molecule has 0 atom stereocenters. The van der Waals surface area contributed by atoms with Crippen molar-refractivity contribution in [2.24, 2.45) is 5.41 Å². The van der Waals surface area contributed by atoms with E-state index >= 15 is 0 Å². The lowest BCUT2D eigenvalue weighted by atomic mass is 9.66. The number of aliphatic hydroxyl groups is 1. The maximum absolute atomic E-state index is 13.3. The minimum Gasteiger partial charge on any atom is -0.396 e. The van der Waals surface area contributed by atoms with Gasteiger partial charge in [0.15, 0.2) is 17.3 Å². The minimum atomic E-state index is -3.72. The van der Waals surface area contributed by atoms with Crippen LogP contribution in [0.3, 0.4) is 0 Å². The molecule has 0 aliphatic heterocycles. The summed E-state index contributed by atoms with van der Waals surface area (Å²) in [5, 5.41) is 14.3. The van der Waals surface area contributed by atoms with Crippen molar-refractivity contribution in [1.29, 1.82) is 0 Å². The van der Waals surface area contributed by atoms with Gasteiger partial charge in [-0.3, -0.25) is 0 Å². The molecule has 0 radical (unpaired) electrons. The summed E-state index contributed by atoms with van der Waals surface area (Å²) in [6.45, 7) is 2.05. The molecule has 2 heterocycles. The highest BCUT2D eigenvalue weighted by Crippen LogP contribution is 2.61. The van der Waals surface area contributed by atoms with Crippen molar-refractivity contribution < 1.29 is 13.5 Å². The van der Waals surface area contributed by atoms with Crippen LogP contribution in [0, 0.1) is 12.3 Å². The van der Waals surface area contributed by atoms with Gasteiger partial charge in [-0.2, -0.15) is 5.10 Å².